The van der Waals surface area contributed by atoms with E-state index in [1.54, 1.807) is 0 Å². The Morgan fingerprint density at radius 3 is 2.25 bits per heavy atom. The summed E-state index contributed by atoms with van der Waals surface area (Å²) in [6, 6.07) is 8.21. The zero-order valence-corrected chi connectivity index (χ0v) is 13.1. The van der Waals surface area contributed by atoms with Gasteiger partial charge < -0.3 is 15.2 Å². The molecule has 2 N–H and O–H groups in total. The molecule has 1 aromatic rings. The van der Waals surface area contributed by atoms with Gasteiger partial charge in [-0.3, -0.25) is 0 Å². The zero-order chi connectivity index (χ0) is 14.8. The first-order chi connectivity index (χ1) is 9.69. The molecule has 3 nitrogen and oxygen atoms in total. The van der Waals surface area contributed by atoms with Crippen molar-refractivity contribution in [2.75, 3.05) is 13.2 Å². The first-order valence-electron chi connectivity index (χ1n) is 7.77. The van der Waals surface area contributed by atoms with Gasteiger partial charge in [0, 0.05) is 12.1 Å². The highest BCUT2D eigenvalue weighted by Gasteiger charge is 2.23. The average Bonchev–Trinajstić information content (AvgIpc) is 2.51. The van der Waals surface area contributed by atoms with Crippen LogP contribution in [0.15, 0.2) is 24.3 Å². The number of benzene rings is 1. The number of rotatable bonds is 10. The van der Waals surface area contributed by atoms with Crippen molar-refractivity contribution in [3.8, 4) is 5.75 Å². The Morgan fingerprint density at radius 2 is 1.75 bits per heavy atom. The normalized spacial score (nSPS) is 11.6. The first-order valence-corrected chi connectivity index (χ1v) is 7.77. The summed E-state index contributed by atoms with van der Waals surface area (Å²) in [6.45, 7) is 8.12. The third-order valence-electron chi connectivity index (χ3n) is 4.01. The van der Waals surface area contributed by atoms with Gasteiger partial charge in [-0.15, -0.1) is 0 Å². The summed E-state index contributed by atoms with van der Waals surface area (Å²) >= 11 is 0. The maximum absolute atomic E-state index is 9.54. The lowest BCUT2D eigenvalue weighted by atomic mass is 9.93. The van der Waals surface area contributed by atoms with Gasteiger partial charge in [-0.25, -0.2) is 0 Å². The SMILES string of the molecule is CCCCOc1ccc(CNC(CC)(CC)CO)cc1. The van der Waals surface area contributed by atoms with Gasteiger partial charge in [-0.05, 0) is 37.0 Å². The quantitative estimate of drug-likeness (QED) is 0.644. The second-order valence-corrected chi connectivity index (χ2v) is 5.35. The number of aliphatic hydroxyl groups is 1. The van der Waals surface area contributed by atoms with Gasteiger partial charge in [0.1, 0.15) is 5.75 Å². The van der Waals surface area contributed by atoms with Crippen molar-refractivity contribution in [2.24, 2.45) is 0 Å². The van der Waals surface area contributed by atoms with E-state index in [9.17, 15) is 5.11 Å². The van der Waals surface area contributed by atoms with E-state index in [2.05, 4.69) is 38.2 Å². The van der Waals surface area contributed by atoms with E-state index >= 15 is 0 Å². The van der Waals surface area contributed by atoms with Gasteiger partial charge in [0.15, 0.2) is 0 Å². The van der Waals surface area contributed by atoms with Gasteiger partial charge in [0.2, 0.25) is 0 Å². The van der Waals surface area contributed by atoms with Crippen LogP contribution in [-0.2, 0) is 6.54 Å². The van der Waals surface area contributed by atoms with Crippen LogP contribution in [0.2, 0.25) is 0 Å². The molecule has 3 heteroatoms. The van der Waals surface area contributed by atoms with Crippen LogP contribution in [0.25, 0.3) is 0 Å². The van der Waals surface area contributed by atoms with E-state index in [-0.39, 0.29) is 12.1 Å². The van der Waals surface area contributed by atoms with Gasteiger partial charge in [-0.2, -0.15) is 0 Å². The zero-order valence-electron chi connectivity index (χ0n) is 13.1. The smallest absolute Gasteiger partial charge is 0.119 e. The van der Waals surface area contributed by atoms with Crippen LogP contribution in [-0.4, -0.2) is 23.9 Å². The summed E-state index contributed by atoms with van der Waals surface area (Å²) in [5, 5.41) is 13.0. The van der Waals surface area contributed by atoms with E-state index in [1.807, 2.05) is 12.1 Å². The molecule has 0 radical (unpaired) electrons. The van der Waals surface area contributed by atoms with Crippen molar-refractivity contribution >= 4 is 0 Å². The van der Waals surface area contributed by atoms with Crippen molar-refractivity contribution in [1.82, 2.24) is 5.32 Å². The molecular formula is C17H29NO2. The monoisotopic (exact) mass is 279 g/mol. The fraction of sp³-hybridized carbons (Fsp3) is 0.647. The molecule has 0 aliphatic heterocycles. The molecule has 0 aliphatic carbocycles. The average molecular weight is 279 g/mol. The third kappa shape index (κ3) is 5.14. The Labute approximate surface area is 123 Å². The van der Waals surface area contributed by atoms with E-state index in [1.165, 1.54) is 5.56 Å². The number of unbranched alkanes of at least 4 members (excludes halogenated alkanes) is 1. The Bertz CT molecular complexity index is 349. The van der Waals surface area contributed by atoms with Crippen LogP contribution in [0.1, 0.15) is 52.0 Å². The van der Waals surface area contributed by atoms with Crippen LogP contribution in [0.5, 0.6) is 5.75 Å². The second-order valence-electron chi connectivity index (χ2n) is 5.35. The van der Waals surface area contributed by atoms with E-state index in [0.717, 1.165) is 44.6 Å². The molecule has 0 amide bonds. The first kappa shape index (κ1) is 17.0. The lowest BCUT2D eigenvalue weighted by Crippen LogP contribution is -2.47. The standard InChI is InChI=1S/C17H29NO2/c1-4-7-12-20-16-10-8-15(9-11-16)13-18-17(5-2,6-3)14-19/h8-11,18-19H,4-7,12-14H2,1-3H3. The molecule has 0 aromatic heterocycles. The number of nitrogens with one attached hydrogen (secondary N) is 1. The van der Waals surface area contributed by atoms with Gasteiger partial charge in [-0.1, -0.05) is 39.3 Å². The van der Waals surface area contributed by atoms with Crippen molar-refractivity contribution in [3.05, 3.63) is 29.8 Å². The minimum atomic E-state index is -0.156. The van der Waals surface area contributed by atoms with Crippen LogP contribution in [0, 0.1) is 0 Å². The molecule has 20 heavy (non-hydrogen) atoms. The van der Waals surface area contributed by atoms with E-state index in [0.29, 0.717) is 0 Å². The Balaban J connectivity index is 2.48. The summed E-state index contributed by atoms with van der Waals surface area (Å²) in [7, 11) is 0. The van der Waals surface area contributed by atoms with Crippen molar-refractivity contribution in [1.29, 1.82) is 0 Å². The van der Waals surface area contributed by atoms with Gasteiger partial charge >= 0.3 is 0 Å². The molecule has 0 spiro atoms. The van der Waals surface area contributed by atoms with E-state index in [4.69, 9.17) is 4.74 Å². The predicted octanol–water partition coefficient (Wildman–Crippen LogP) is 3.51. The molecule has 0 saturated heterocycles. The van der Waals surface area contributed by atoms with Gasteiger partial charge in [0.25, 0.3) is 0 Å². The largest absolute Gasteiger partial charge is 0.494 e. The molecule has 0 saturated carbocycles. The lowest BCUT2D eigenvalue weighted by Gasteiger charge is -2.31. The maximum atomic E-state index is 9.54. The molecular weight excluding hydrogens is 250 g/mol. The topological polar surface area (TPSA) is 41.5 Å². The molecule has 0 heterocycles. The molecule has 0 unspecified atom stereocenters. The number of aliphatic hydroxyl groups excluding tert-OH is 1. The maximum Gasteiger partial charge on any atom is 0.119 e. The van der Waals surface area contributed by atoms with Crippen LogP contribution in [0.4, 0.5) is 0 Å². The minimum absolute atomic E-state index is 0.156. The molecule has 0 bridgehead atoms. The summed E-state index contributed by atoms with van der Waals surface area (Å²) in [4.78, 5) is 0. The fourth-order valence-corrected chi connectivity index (χ4v) is 2.11. The van der Waals surface area contributed by atoms with Crippen LogP contribution in [0.3, 0.4) is 0 Å². The molecule has 1 rings (SSSR count). The third-order valence-corrected chi connectivity index (χ3v) is 4.01. The Kier molecular flexibility index (Phi) is 7.63. The second kappa shape index (κ2) is 8.98. The Morgan fingerprint density at radius 1 is 1.10 bits per heavy atom. The van der Waals surface area contributed by atoms with Crippen molar-refractivity contribution in [3.63, 3.8) is 0 Å². The van der Waals surface area contributed by atoms with Crippen molar-refractivity contribution < 1.29 is 9.84 Å². The predicted molar refractivity (Wildman–Crippen MR) is 84.1 cm³/mol. The highest BCUT2D eigenvalue weighted by atomic mass is 16.5. The molecule has 114 valence electrons. The van der Waals surface area contributed by atoms with Crippen LogP contribution < -0.4 is 10.1 Å². The van der Waals surface area contributed by atoms with E-state index < -0.39 is 0 Å². The summed E-state index contributed by atoms with van der Waals surface area (Å²) in [5.41, 5.74) is 1.06. The van der Waals surface area contributed by atoms with Gasteiger partial charge in [0.05, 0.1) is 13.2 Å². The fourth-order valence-electron chi connectivity index (χ4n) is 2.11. The van der Waals surface area contributed by atoms with Crippen molar-refractivity contribution in [2.45, 2.75) is 58.5 Å². The molecule has 0 atom stereocenters. The highest BCUT2D eigenvalue weighted by Crippen LogP contribution is 2.17. The summed E-state index contributed by atoms with van der Waals surface area (Å²) < 4.78 is 5.65. The number of ether oxygens (including phenoxy) is 1. The molecule has 0 aliphatic rings. The minimum Gasteiger partial charge on any atom is -0.494 e. The number of hydrogen-bond donors (Lipinski definition) is 2. The highest BCUT2D eigenvalue weighted by molar-refractivity contribution is 5.27. The molecule has 0 fully saturated rings. The molecule has 1 aromatic carbocycles. The summed E-state index contributed by atoms with van der Waals surface area (Å²) in [6.07, 6.45) is 4.10. The Hall–Kier alpha value is -1.06. The number of hydrogen-bond acceptors (Lipinski definition) is 3. The lowest BCUT2D eigenvalue weighted by molar-refractivity contribution is 0.149. The van der Waals surface area contributed by atoms with Crippen LogP contribution >= 0.6 is 0 Å². The summed E-state index contributed by atoms with van der Waals surface area (Å²) in [5.74, 6) is 0.932.